The minimum absolute atomic E-state index is 0.581. The van der Waals surface area contributed by atoms with E-state index in [9.17, 15) is 0 Å². The predicted octanol–water partition coefficient (Wildman–Crippen LogP) is 14.6. The summed E-state index contributed by atoms with van der Waals surface area (Å²) in [6, 6.07) is 74.0. The van der Waals surface area contributed by atoms with Crippen LogP contribution in [0.1, 0.15) is 0 Å². The molecule has 0 spiro atoms. The Morgan fingerprint density at radius 2 is 0.661 bits per heavy atom. The van der Waals surface area contributed by atoms with Gasteiger partial charge in [-0.05, 0) is 91.7 Å². The Labute approximate surface area is 341 Å². The topological polar surface area (TPSA) is 51.8 Å². The molecule has 0 aliphatic carbocycles. The van der Waals surface area contributed by atoms with Crippen molar-refractivity contribution in [2.45, 2.75) is 0 Å². The van der Waals surface area contributed by atoms with E-state index in [0.717, 1.165) is 82.8 Å². The molecule has 0 amide bonds. The lowest BCUT2D eigenvalue weighted by Gasteiger charge is -2.12. The Morgan fingerprint density at radius 3 is 1.20 bits per heavy atom. The second kappa shape index (κ2) is 14.5. The summed E-state index contributed by atoms with van der Waals surface area (Å²) in [5, 5.41) is 4.26. The quantitative estimate of drug-likeness (QED) is 0.163. The van der Waals surface area contributed by atoms with E-state index in [4.69, 9.17) is 19.4 Å². The van der Waals surface area contributed by atoms with Crippen LogP contribution < -0.4 is 0 Å². The molecule has 276 valence electrons. The fourth-order valence-electron chi connectivity index (χ4n) is 8.21. The van der Waals surface area contributed by atoms with E-state index >= 15 is 0 Å². The first-order valence-corrected chi connectivity index (χ1v) is 19.8. The van der Waals surface area contributed by atoms with Crippen LogP contribution in [-0.4, -0.2) is 15.0 Å². The van der Waals surface area contributed by atoms with E-state index in [1.54, 1.807) is 0 Å². The molecule has 0 bridgehead atoms. The van der Waals surface area contributed by atoms with Gasteiger partial charge in [0.25, 0.3) is 0 Å². The molecule has 0 aliphatic rings. The SMILES string of the molecule is c1ccc(-c2cccc(-c3ccc4oc5cc(-c6nc(-c7cccc(-c8ccccc8)c7)nc(-c7cccc(-c8ccccc8)c7)n6)c6ccccc6c5c4c3)c2)cc1. The molecule has 0 fully saturated rings. The molecule has 4 nitrogen and oxygen atoms in total. The van der Waals surface area contributed by atoms with Gasteiger partial charge in [0.05, 0.1) is 0 Å². The van der Waals surface area contributed by atoms with Crippen molar-refractivity contribution in [3.8, 4) is 78.7 Å². The van der Waals surface area contributed by atoms with Crippen LogP contribution >= 0.6 is 0 Å². The predicted molar refractivity (Wildman–Crippen MR) is 243 cm³/mol. The Morgan fingerprint density at radius 1 is 0.254 bits per heavy atom. The van der Waals surface area contributed by atoms with Crippen LogP contribution in [0.5, 0.6) is 0 Å². The zero-order valence-corrected chi connectivity index (χ0v) is 32.0. The Kier molecular flexibility index (Phi) is 8.45. The number of furan rings is 1. The Hall–Kier alpha value is -7.95. The molecule has 2 aromatic heterocycles. The highest BCUT2D eigenvalue weighted by atomic mass is 16.3. The lowest BCUT2D eigenvalue weighted by atomic mass is 9.96. The summed E-state index contributed by atoms with van der Waals surface area (Å²) in [4.78, 5) is 15.7. The molecule has 2 heterocycles. The van der Waals surface area contributed by atoms with E-state index in [1.165, 1.54) is 11.1 Å². The van der Waals surface area contributed by atoms with Gasteiger partial charge < -0.3 is 4.42 Å². The monoisotopic (exact) mass is 753 g/mol. The molecule has 9 aromatic carbocycles. The highest BCUT2D eigenvalue weighted by Crippen LogP contribution is 2.41. The maximum atomic E-state index is 6.69. The van der Waals surface area contributed by atoms with Gasteiger partial charge in [-0.15, -0.1) is 0 Å². The average molecular weight is 754 g/mol. The summed E-state index contributed by atoms with van der Waals surface area (Å²) in [7, 11) is 0. The Balaban J connectivity index is 1.09. The van der Waals surface area contributed by atoms with Crippen molar-refractivity contribution >= 4 is 32.7 Å². The van der Waals surface area contributed by atoms with Gasteiger partial charge in [-0.25, -0.2) is 15.0 Å². The smallest absolute Gasteiger partial charge is 0.164 e. The minimum Gasteiger partial charge on any atom is -0.456 e. The van der Waals surface area contributed by atoms with Gasteiger partial charge in [0.1, 0.15) is 11.2 Å². The average Bonchev–Trinajstić information content (AvgIpc) is 3.70. The Bertz CT molecular complexity index is 3220. The van der Waals surface area contributed by atoms with Crippen LogP contribution in [0.15, 0.2) is 217 Å². The largest absolute Gasteiger partial charge is 0.456 e. The molecular formula is C55H35N3O. The zero-order valence-electron chi connectivity index (χ0n) is 32.0. The van der Waals surface area contributed by atoms with Crippen molar-refractivity contribution < 1.29 is 4.42 Å². The van der Waals surface area contributed by atoms with E-state index in [0.29, 0.717) is 17.5 Å². The third kappa shape index (κ3) is 6.43. The van der Waals surface area contributed by atoms with Crippen molar-refractivity contribution in [2.75, 3.05) is 0 Å². The number of rotatable bonds is 7. The summed E-state index contributed by atoms with van der Waals surface area (Å²) >= 11 is 0. The molecule has 0 saturated heterocycles. The standard InChI is InChI=1S/C55H35N3O/c1-4-15-36(16-5-1)39-21-12-24-42(31-39)43-29-30-50-49(34-43)52-47-28-11-10-27-46(47)48(35-51(52)59-50)55-57-53(44-25-13-22-40(32-44)37-17-6-2-7-18-37)56-54(58-55)45-26-14-23-41(33-45)38-19-8-3-9-20-38/h1-35H. The fourth-order valence-corrected chi connectivity index (χ4v) is 8.21. The second-order valence-corrected chi connectivity index (χ2v) is 14.8. The molecule has 0 aliphatic heterocycles. The minimum atomic E-state index is 0.581. The molecule has 0 unspecified atom stereocenters. The molecule has 0 saturated carbocycles. The first kappa shape index (κ1) is 34.3. The van der Waals surface area contributed by atoms with Gasteiger partial charge in [0.2, 0.25) is 0 Å². The number of benzene rings is 9. The van der Waals surface area contributed by atoms with Crippen LogP contribution in [0.3, 0.4) is 0 Å². The van der Waals surface area contributed by atoms with Crippen molar-refractivity contribution in [1.82, 2.24) is 15.0 Å². The summed E-state index contributed by atoms with van der Waals surface area (Å²) in [5.74, 6) is 1.78. The maximum Gasteiger partial charge on any atom is 0.164 e. The van der Waals surface area contributed by atoms with Gasteiger partial charge in [0, 0.05) is 27.5 Å². The van der Waals surface area contributed by atoms with E-state index < -0.39 is 0 Å². The fraction of sp³-hybridized carbons (Fsp3) is 0. The lowest BCUT2D eigenvalue weighted by Crippen LogP contribution is -2.01. The molecule has 0 N–H and O–H groups in total. The van der Waals surface area contributed by atoms with Crippen molar-refractivity contribution in [2.24, 2.45) is 0 Å². The third-order valence-electron chi connectivity index (χ3n) is 11.1. The van der Waals surface area contributed by atoms with E-state index in [-0.39, 0.29) is 0 Å². The van der Waals surface area contributed by atoms with Gasteiger partial charge in [-0.2, -0.15) is 0 Å². The molecule has 11 aromatic rings. The molecule has 0 atom stereocenters. The highest BCUT2D eigenvalue weighted by molar-refractivity contribution is 6.22. The third-order valence-corrected chi connectivity index (χ3v) is 11.1. The van der Waals surface area contributed by atoms with Crippen LogP contribution in [-0.2, 0) is 0 Å². The zero-order chi connectivity index (χ0) is 39.1. The maximum absolute atomic E-state index is 6.69. The van der Waals surface area contributed by atoms with Crippen molar-refractivity contribution in [3.05, 3.63) is 212 Å². The highest BCUT2D eigenvalue weighted by Gasteiger charge is 2.20. The van der Waals surface area contributed by atoms with Crippen molar-refractivity contribution in [1.29, 1.82) is 0 Å². The second-order valence-electron chi connectivity index (χ2n) is 14.8. The molecule has 4 heteroatoms. The first-order valence-electron chi connectivity index (χ1n) is 19.8. The van der Waals surface area contributed by atoms with E-state index in [1.807, 2.05) is 12.1 Å². The van der Waals surface area contributed by atoms with Crippen LogP contribution in [0.4, 0.5) is 0 Å². The van der Waals surface area contributed by atoms with Gasteiger partial charge in [0.15, 0.2) is 17.5 Å². The first-order chi connectivity index (χ1) is 29.2. The van der Waals surface area contributed by atoms with Crippen LogP contribution in [0.2, 0.25) is 0 Å². The number of fused-ring (bicyclic) bond motifs is 5. The van der Waals surface area contributed by atoms with Crippen LogP contribution in [0, 0.1) is 0 Å². The summed E-state index contributed by atoms with van der Waals surface area (Å²) in [6.07, 6.45) is 0. The number of hydrogen-bond donors (Lipinski definition) is 0. The molecule has 11 rings (SSSR count). The van der Waals surface area contributed by atoms with Gasteiger partial charge >= 0.3 is 0 Å². The lowest BCUT2D eigenvalue weighted by molar-refractivity contribution is 0.669. The molecular weight excluding hydrogens is 719 g/mol. The molecule has 59 heavy (non-hydrogen) atoms. The van der Waals surface area contributed by atoms with Gasteiger partial charge in [-0.3, -0.25) is 0 Å². The summed E-state index contributed by atoms with van der Waals surface area (Å²) < 4.78 is 6.69. The molecule has 0 radical (unpaired) electrons. The van der Waals surface area contributed by atoms with Gasteiger partial charge in [-0.1, -0.05) is 176 Å². The summed E-state index contributed by atoms with van der Waals surface area (Å²) in [5.41, 5.74) is 13.4. The van der Waals surface area contributed by atoms with Crippen LogP contribution in [0.25, 0.3) is 111 Å². The normalized spacial score (nSPS) is 11.4. The number of aromatic nitrogens is 3. The number of hydrogen-bond acceptors (Lipinski definition) is 4. The van der Waals surface area contributed by atoms with E-state index in [2.05, 4.69) is 200 Å². The van der Waals surface area contributed by atoms with Crippen molar-refractivity contribution in [3.63, 3.8) is 0 Å². The number of nitrogens with zero attached hydrogens (tertiary/aromatic N) is 3. The summed E-state index contributed by atoms with van der Waals surface area (Å²) in [6.45, 7) is 0.